The predicted molar refractivity (Wildman–Crippen MR) is 139 cm³/mol. The number of aryl methyl sites for hydroxylation is 1. The third-order valence-corrected chi connectivity index (χ3v) is 7.28. The maximum atomic E-state index is 15.0. The molecule has 3 aromatic heterocycles. The van der Waals surface area contributed by atoms with Crippen LogP contribution in [-0.4, -0.2) is 25.5 Å². The minimum absolute atomic E-state index is 0.0189. The number of benzene rings is 1. The fourth-order valence-electron chi connectivity index (χ4n) is 4.70. The van der Waals surface area contributed by atoms with Crippen LogP contribution in [0.3, 0.4) is 0 Å². The molecule has 2 aliphatic rings. The highest BCUT2D eigenvalue weighted by Crippen LogP contribution is 2.36. The number of fused-ring (bicyclic) bond motifs is 1. The summed E-state index contributed by atoms with van der Waals surface area (Å²) < 4.78 is 24.3. The molecular formula is C28H24ClFN4O3. The Morgan fingerprint density at radius 3 is 2.65 bits per heavy atom. The van der Waals surface area contributed by atoms with E-state index in [9.17, 15) is 9.59 Å². The highest BCUT2D eigenvalue weighted by molar-refractivity contribution is 6.30. The van der Waals surface area contributed by atoms with Crippen LogP contribution < -0.4 is 11.1 Å². The Labute approximate surface area is 216 Å². The molecule has 1 aliphatic carbocycles. The molecule has 1 aliphatic heterocycles. The van der Waals surface area contributed by atoms with Crippen LogP contribution >= 0.6 is 11.6 Å². The average Bonchev–Trinajstić information content (AvgIpc) is 3.73. The molecule has 0 bridgehead atoms. The molecule has 1 unspecified atom stereocenters. The van der Waals surface area contributed by atoms with Gasteiger partial charge in [0.15, 0.2) is 5.65 Å². The zero-order chi connectivity index (χ0) is 25.8. The van der Waals surface area contributed by atoms with E-state index in [1.54, 1.807) is 48.9 Å². The minimum Gasteiger partial charge on any atom is -0.369 e. The predicted octanol–water partition coefficient (Wildman–Crippen LogP) is 5.21. The Morgan fingerprint density at radius 2 is 1.89 bits per heavy atom. The lowest BCUT2D eigenvalue weighted by atomic mass is 10.0. The first-order valence-electron chi connectivity index (χ1n) is 12.2. The Bertz CT molecular complexity index is 1720. The summed E-state index contributed by atoms with van der Waals surface area (Å²) in [7, 11) is 0. The third-order valence-electron chi connectivity index (χ3n) is 7.05. The largest absolute Gasteiger partial charge is 0.369 e. The van der Waals surface area contributed by atoms with Crippen molar-refractivity contribution >= 4 is 22.8 Å². The van der Waals surface area contributed by atoms with Gasteiger partial charge in [-0.05, 0) is 69.0 Å². The van der Waals surface area contributed by atoms with Gasteiger partial charge in [0, 0.05) is 51.9 Å². The number of nitrogens with zero attached hydrogens (tertiary/aromatic N) is 4. The van der Waals surface area contributed by atoms with Crippen molar-refractivity contribution in [2.75, 3.05) is 6.61 Å². The third kappa shape index (κ3) is 4.30. The summed E-state index contributed by atoms with van der Waals surface area (Å²) in [6.45, 7) is 3.90. The lowest BCUT2D eigenvalue weighted by Gasteiger charge is -2.23. The summed E-state index contributed by atoms with van der Waals surface area (Å²) in [5.74, 6) is -0.548. The van der Waals surface area contributed by atoms with Gasteiger partial charge in [0.25, 0.3) is 11.1 Å². The quantitative estimate of drug-likeness (QED) is 0.371. The van der Waals surface area contributed by atoms with Gasteiger partial charge in [0.2, 0.25) is 0 Å². The molecule has 1 atom stereocenters. The zero-order valence-corrected chi connectivity index (χ0v) is 21.1. The van der Waals surface area contributed by atoms with Gasteiger partial charge in [-0.25, -0.2) is 14.4 Å². The van der Waals surface area contributed by atoms with Crippen molar-refractivity contribution in [3.05, 3.63) is 103 Å². The maximum Gasteiger partial charge on any atom is 0.261 e. The SMILES string of the molecule is Cc1nc2c(-c3ccc(Cl)cc3F)nc(C3=CC(c4ccc(=O)n(C5CC5)c4)OCC3)cn2c(=O)c1C. The molecule has 188 valence electrons. The normalized spacial score (nSPS) is 17.7. The van der Waals surface area contributed by atoms with Crippen LogP contribution in [0.1, 0.15) is 53.9 Å². The van der Waals surface area contributed by atoms with Crippen LogP contribution in [0, 0.1) is 19.7 Å². The van der Waals surface area contributed by atoms with Crippen molar-refractivity contribution in [2.24, 2.45) is 0 Å². The van der Waals surface area contributed by atoms with E-state index in [2.05, 4.69) is 4.98 Å². The van der Waals surface area contributed by atoms with Crippen LogP contribution in [0.4, 0.5) is 4.39 Å². The number of hydrogen-bond donors (Lipinski definition) is 0. The highest BCUT2D eigenvalue weighted by atomic mass is 35.5. The van der Waals surface area contributed by atoms with Gasteiger partial charge in [-0.2, -0.15) is 0 Å². The molecule has 6 rings (SSSR count). The number of rotatable bonds is 4. The van der Waals surface area contributed by atoms with Crippen LogP contribution in [0.25, 0.3) is 22.5 Å². The topological polar surface area (TPSA) is 78.5 Å². The van der Waals surface area contributed by atoms with Crippen LogP contribution in [0.5, 0.6) is 0 Å². The summed E-state index contributed by atoms with van der Waals surface area (Å²) in [5.41, 5.74) is 3.84. The summed E-state index contributed by atoms with van der Waals surface area (Å²) in [6.07, 6.45) is 7.67. The summed E-state index contributed by atoms with van der Waals surface area (Å²) in [4.78, 5) is 34.9. The van der Waals surface area contributed by atoms with E-state index in [1.165, 1.54) is 10.5 Å². The molecule has 4 aromatic rings. The number of hydrogen-bond acceptors (Lipinski definition) is 5. The van der Waals surface area contributed by atoms with Crippen molar-refractivity contribution in [3.63, 3.8) is 0 Å². The minimum atomic E-state index is -0.548. The molecule has 37 heavy (non-hydrogen) atoms. The van der Waals surface area contributed by atoms with E-state index in [0.29, 0.717) is 30.0 Å². The van der Waals surface area contributed by atoms with Gasteiger partial charge in [-0.3, -0.25) is 14.0 Å². The van der Waals surface area contributed by atoms with Crippen molar-refractivity contribution in [2.45, 2.75) is 45.3 Å². The van der Waals surface area contributed by atoms with Gasteiger partial charge >= 0.3 is 0 Å². The standard InChI is InChI=1S/C28H24ClFN4O3/c1-15-16(2)31-27-26(21-7-4-19(29)12-22(21)30)32-23(14-34(27)28(15)36)17-9-10-37-24(11-17)18-3-8-25(35)33(13-18)20-5-6-20/h3-4,7-8,11-14,20,24H,5-6,9-10H2,1-2H3. The molecule has 1 fully saturated rings. The second-order valence-corrected chi connectivity index (χ2v) is 10.0. The van der Waals surface area contributed by atoms with E-state index in [4.69, 9.17) is 21.3 Å². The molecule has 4 heterocycles. The maximum absolute atomic E-state index is 15.0. The van der Waals surface area contributed by atoms with Crippen LogP contribution in [0.15, 0.2) is 58.4 Å². The van der Waals surface area contributed by atoms with Crippen LogP contribution in [-0.2, 0) is 4.74 Å². The zero-order valence-electron chi connectivity index (χ0n) is 20.4. The van der Waals surface area contributed by atoms with Gasteiger partial charge in [-0.15, -0.1) is 0 Å². The Kier molecular flexibility index (Phi) is 5.81. The molecule has 1 aromatic carbocycles. The lowest BCUT2D eigenvalue weighted by molar-refractivity contribution is 0.0821. The van der Waals surface area contributed by atoms with Gasteiger partial charge < -0.3 is 9.30 Å². The highest BCUT2D eigenvalue weighted by Gasteiger charge is 2.26. The van der Waals surface area contributed by atoms with Crippen molar-refractivity contribution in [1.82, 2.24) is 18.9 Å². The van der Waals surface area contributed by atoms with E-state index in [-0.39, 0.29) is 45.2 Å². The van der Waals surface area contributed by atoms with E-state index in [1.807, 2.05) is 12.3 Å². The summed E-state index contributed by atoms with van der Waals surface area (Å²) in [6, 6.07) is 7.97. The average molecular weight is 519 g/mol. The Hall–Kier alpha value is -3.62. The molecule has 9 heteroatoms. The van der Waals surface area contributed by atoms with Gasteiger partial charge in [-0.1, -0.05) is 11.6 Å². The van der Waals surface area contributed by atoms with E-state index >= 15 is 4.39 Å². The second-order valence-electron chi connectivity index (χ2n) is 9.59. The van der Waals surface area contributed by atoms with Crippen LogP contribution in [0.2, 0.25) is 5.02 Å². The second kappa shape index (κ2) is 9.04. The summed E-state index contributed by atoms with van der Waals surface area (Å²) >= 11 is 5.99. The number of ether oxygens (including phenoxy) is 1. The fraction of sp³-hybridized carbons (Fsp3) is 0.286. The lowest BCUT2D eigenvalue weighted by Crippen LogP contribution is -2.22. The molecule has 0 spiro atoms. The first-order chi connectivity index (χ1) is 17.8. The number of aromatic nitrogens is 4. The van der Waals surface area contributed by atoms with Gasteiger partial charge in [0.1, 0.15) is 17.6 Å². The van der Waals surface area contributed by atoms with Crippen molar-refractivity contribution < 1.29 is 9.13 Å². The van der Waals surface area contributed by atoms with Gasteiger partial charge in [0.05, 0.1) is 12.3 Å². The van der Waals surface area contributed by atoms with E-state index < -0.39 is 5.82 Å². The fourth-order valence-corrected chi connectivity index (χ4v) is 4.86. The molecule has 0 saturated heterocycles. The first-order valence-corrected chi connectivity index (χ1v) is 12.6. The molecule has 0 N–H and O–H groups in total. The number of halogens is 2. The number of pyridine rings is 1. The monoisotopic (exact) mass is 518 g/mol. The molecule has 0 radical (unpaired) electrons. The Morgan fingerprint density at radius 1 is 1.08 bits per heavy atom. The molecule has 7 nitrogen and oxygen atoms in total. The summed E-state index contributed by atoms with van der Waals surface area (Å²) in [5, 5.41) is 0.265. The van der Waals surface area contributed by atoms with E-state index in [0.717, 1.165) is 24.0 Å². The first kappa shape index (κ1) is 23.8. The molecule has 0 amide bonds. The molecule has 1 saturated carbocycles. The van der Waals surface area contributed by atoms with Crippen molar-refractivity contribution in [3.8, 4) is 11.3 Å². The molecular weight excluding hydrogens is 495 g/mol. The smallest absolute Gasteiger partial charge is 0.261 e. The Balaban J connectivity index is 1.52. The van der Waals surface area contributed by atoms with Crippen molar-refractivity contribution in [1.29, 1.82) is 0 Å².